The first-order valence-electron chi connectivity index (χ1n) is 5.60. The molecule has 2 fully saturated rings. The number of Topliss-reactive ketones (excluding diaryl/α,β-unsaturated/α-hetero) is 1. The van der Waals surface area contributed by atoms with Crippen LogP contribution >= 0.6 is 0 Å². The molecule has 2 aliphatic rings. The Morgan fingerprint density at radius 1 is 1.29 bits per heavy atom. The second-order valence-electron chi connectivity index (χ2n) is 5.84. The Labute approximate surface area is 85.7 Å². The van der Waals surface area contributed by atoms with Crippen molar-refractivity contribution in [2.24, 2.45) is 16.7 Å². The highest BCUT2D eigenvalue weighted by Gasteiger charge is 2.58. The van der Waals surface area contributed by atoms with Crippen molar-refractivity contribution in [1.29, 1.82) is 0 Å². The molecule has 0 unspecified atom stereocenters. The summed E-state index contributed by atoms with van der Waals surface area (Å²) >= 11 is 0. The van der Waals surface area contributed by atoms with Crippen LogP contribution in [0.2, 0.25) is 0 Å². The van der Waals surface area contributed by atoms with Crippen LogP contribution in [0.1, 0.15) is 46.5 Å². The molecule has 14 heavy (non-hydrogen) atoms. The Morgan fingerprint density at radius 2 is 1.93 bits per heavy atom. The monoisotopic (exact) mass is 196 g/mol. The SMILES string of the molecule is CC1(C)CC[C@H](O)[C@@]2(C)C(=O)CC[C@@H]12. The van der Waals surface area contributed by atoms with Gasteiger partial charge in [0.2, 0.25) is 0 Å². The topological polar surface area (TPSA) is 37.3 Å². The first kappa shape index (κ1) is 10.2. The van der Waals surface area contributed by atoms with Gasteiger partial charge in [0, 0.05) is 6.42 Å². The van der Waals surface area contributed by atoms with Gasteiger partial charge in [-0.1, -0.05) is 13.8 Å². The molecule has 0 aromatic heterocycles. The molecule has 0 amide bonds. The number of fused-ring (bicyclic) bond motifs is 1. The fourth-order valence-electron chi connectivity index (χ4n) is 3.64. The summed E-state index contributed by atoms with van der Waals surface area (Å²) in [5.74, 6) is 0.661. The molecule has 0 aliphatic heterocycles. The molecule has 2 nitrogen and oxygen atoms in total. The molecule has 1 N–H and O–H groups in total. The molecule has 80 valence electrons. The Hall–Kier alpha value is -0.370. The highest BCUT2D eigenvalue weighted by atomic mass is 16.3. The second-order valence-corrected chi connectivity index (χ2v) is 5.84. The Kier molecular flexibility index (Phi) is 2.04. The van der Waals surface area contributed by atoms with Crippen molar-refractivity contribution in [3.63, 3.8) is 0 Å². The van der Waals surface area contributed by atoms with Crippen LogP contribution in [0.5, 0.6) is 0 Å². The van der Waals surface area contributed by atoms with Crippen LogP contribution in [0.15, 0.2) is 0 Å². The summed E-state index contributed by atoms with van der Waals surface area (Å²) in [7, 11) is 0. The third-order valence-electron chi connectivity index (χ3n) is 4.68. The van der Waals surface area contributed by atoms with Crippen LogP contribution in [0.4, 0.5) is 0 Å². The summed E-state index contributed by atoms with van der Waals surface area (Å²) in [6, 6.07) is 0. The van der Waals surface area contributed by atoms with Gasteiger partial charge in [-0.15, -0.1) is 0 Å². The van der Waals surface area contributed by atoms with Gasteiger partial charge in [-0.2, -0.15) is 0 Å². The van der Waals surface area contributed by atoms with Crippen molar-refractivity contribution < 1.29 is 9.90 Å². The quantitative estimate of drug-likeness (QED) is 0.644. The summed E-state index contributed by atoms with van der Waals surface area (Å²) < 4.78 is 0. The van der Waals surface area contributed by atoms with Crippen molar-refractivity contribution >= 4 is 5.78 Å². The van der Waals surface area contributed by atoms with Crippen molar-refractivity contribution in [2.45, 2.75) is 52.6 Å². The Morgan fingerprint density at radius 3 is 2.50 bits per heavy atom. The molecule has 0 spiro atoms. The lowest BCUT2D eigenvalue weighted by atomic mass is 9.56. The van der Waals surface area contributed by atoms with Crippen molar-refractivity contribution in [1.82, 2.24) is 0 Å². The number of ketones is 1. The molecular formula is C12H20O2. The molecule has 2 aliphatic carbocycles. The number of rotatable bonds is 0. The second kappa shape index (κ2) is 2.82. The van der Waals surface area contributed by atoms with Gasteiger partial charge in [0.05, 0.1) is 11.5 Å². The molecule has 0 aromatic rings. The van der Waals surface area contributed by atoms with E-state index in [1.165, 1.54) is 0 Å². The summed E-state index contributed by atoms with van der Waals surface area (Å²) in [5.41, 5.74) is -0.220. The molecule has 0 heterocycles. The maximum atomic E-state index is 11.9. The highest BCUT2D eigenvalue weighted by molar-refractivity contribution is 5.87. The van der Waals surface area contributed by atoms with Crippen LogP contribution < -0.4 is 0 Å². The van der Waals surface area contributed by atoms with Crippen LogP contribution in [-0.4, -0.2) is 17.0 Å². The van der Waals surface area contributed by atoms with Crippen LogP contribution in [0.25, 0.3) is 0 Å². The third kappa shape index (κ3) is 1.10. The lowest BCUT2D eigenvalue weighted by Crippen LogP contribution is -2.50. The number of carbonyl (C=O) groups excluding carboxylic acids is 1. The smallest absolute Gasteiger partial charge is 0.141 e. The number of hydrogen-bond acceptors (Lipinski definition) is 2. The third-order valence-corrected chi connectivity index (χ3v) is 4.68. The molecule has 0 aromatic carbocycles. The van der Waals surface area contributed by atoms with Crippen LogP contribution in [0.3, 0.4) is 0 Å². The summed E-state index contributed by atoms with van der Waals surface area (Å²) in [6.07, 6.45) is 3.06. The van der Waals surface area contributed by atoms with Gasteiger partial charge in [-0.05, 0) is 37.5 Å². The lowest BCUT2D eigenvalue weighted by molar-refractivity contribution is -0.143. The van der Waals surface area contributed by atoms with E-state index < -0.39 is 11.5 Å². The summed E-state index contributed by atoms with van der Waals surface area (Å²) in [6.45, 7) is 6.44. The average Bonchev–Trinajstić information content (AvgIpc) is 2.40. The molecule has 2 heteroatoms. The van der Waals surface area contributed by atoms with Gasteiger partial charge < -0.3 is 5.11 Å². The van der Waals surface area contributed by atoms with E-state index in [1.54, 1.807) is 0 Å². The van der Waals surface area contributed by atoms with E-state index in [0.717, 1.165) is 19.3 Å². The van der Waals surface area contributed by atoms with Crippen molar-refractivity contribution in [3.05, 3.63) is 0 Å². The van der Waals surface area contributed by atoms with E-state index >= 15 is 0 Å². The largest absolute Gasteiger partial charge is 0.392 e. The highest BCUT2D eigenvalue weighted by Crippen LogP contribution is 2.57. The maximum absolute atomic E-state index is 11.9. The number of carbonyl (C=O) groups is 1. The summed E-state index contributed by atoms with van der Waals surface area (Å²) in [5, 5.41) is 10.0. The molecule has 0 bridgehead atoms. The van der Waals surface area contributed by atoms with Gasteiger partial charge >= 0.3 is 0 Å². The molecular weight excluding hydrogens is 176 g/mol. The van der Waals surface area contributed by atoms with E-state index in [9.17, 15) is 9.90 Å². The predicted molar refractivity (Wildman–Crippen MR) is 54.9 cm³/mol. The Bertz CT molecular complexity index is 269. The zero-order valence-electron chi connectivity index (χ0n) is 9.34. The van der Waals surface area contributed by atoms with Gasteiger partial charge in [0.25, 0.3) is 0 Å². The van der Waals surface area contributed by atoms with E-state index in [1.807, 2.05) is 6.92 Å². The number of hydrogen-bond donors (Lipinski definition) is 1. The number of aliphatic hydroxyl groups excluding tert-OH is 1. The maximum Gasteiger partial charge on any atom is 0.141 e. The lowest BCUT2D eigenvalue weighted by Gasteiger charge is -2.48. The molecule has 2 rings (SSSR count). The van der Waals surface area contributed by atoms with E-state index in [4.69, 9.17) is 0 Å². The first-order valence-corrected chi connectivity index (χ1v) is 5.60. The minimum atomic E-state index is -0.443. The minimum Gasteiger partial charge on any atom is -0.392 e. The van der Waals surface area contributed by atoms with E-state index in [-0.39, 0.29) is 11.2 Å². The zero-order chi connectivity index (χ0) is 10.6. The van der Waals surface area contributed by atoms with E-state index in [2.05, 4.69) is 13.8 Å². The zero-order valence-corrected chi connectivity index (χ0v) is 9.34. The van der Waals surface area contributed by atoms with Crippen LogP contribution in [0, 0.1) is 16.7 Å². The van der Waals surface area contributed by atoms with Gasteiger partial charge in [-0.3, -0.25) is 4.79 Å². The Balaban J connectivity index is 2.40. The average molecular weight is 196 g/mol. The predicted octanol–water partition coefficient (Wildman–Crippen LogP) is 2.15. The summed E-state index contributed by atoms with van der Waals surface area (Å²) in [4.78, 5) is 11.9. The fraction of sp³-hybridized carbons (Fsp3) is 0.917. The molecule has 2 saturated carbocycles. The number of aliphatic hydroxyl groups is 1. The van der Waals surface area contributed by atoms with Gasteiger partial charge in [-0.25, -0.2) is 0 Å². The standard InChI is InChI=1S/C12H20O2/c1-11(2)7-6-10(14)12(3)8(11)4-5-9(12)13/h8,10,14H,4-7H2,1-3H3/t8-,10-,12+/m0/s1. The van der Waals surface area contributed by atoms with Gasteiger partial charge in [0.1, 0.15) is 5.78 Å². The molecule has 0 saturated heterocycles. The molecule has 0 radical (unpaired) electrons. The van der Waals surface area contributed by atoms with Gasteiger partial charge in [0.15, 0.2) is 0 Å². The van der Waals surface area contributed by atoms with E-state index in [0.29, 0.717) is 12.3 Å². The van der Waals surface area contributed by atoms with Crippen molar-refractivity contribution in [2.75, 3.05) is 0 Å². The fourth-order valence-corrected chi connectivity index (χ4v) is 3.64. The minimum absolute atomic E-state index is 0.222. The first-order chi connectivity index (χ1) is 6.39. The molecule has 3 atom stereocenters. The van der Waals surface area contributed by atoms with Crippen LogP contribution in [-0.2, 0) is 4.79 Å². The normalized spacial score (nSPS) is 46.4. The van der Waals surface area contributed by atoms with Crippen molar-refractivity contribution in [3.8, 4) is 0 Å².